The Hall–Kier alpha value is -2.31. The van der Waals surface area contributed by atoms with Gasteiger partial charge in [-0.05, 0) is 44.2 Å². The number of H-pyrrole nitrogens is 1. The van der Waals surface area contributed by atoms with Gasteiger partial charge in [0.25, 0.3) is 10.1 Å². The Morgan fingerprint density at radius 1 is 1.08 bits per heavy atom. The van der Waals surface area contributed by atoms with Crippen LogP contribution in [-0.2, 0) is 14.3 Å². The number of fused-ring (bicyclic) bond motifs is 1. The molecule has 2 aromatic carbocycles. The smallest absolute Gasteiger partial charge is 0.297 e. The predicted molar refractivity (Wildman–Crippen MR) is 97.3 cm³/mol. The van der Waals surface area contributed by atoms with E-state index in [1.165, 1.54) is 0 Å². The Morgan fingerprint density at radius 3 is 2.60 bits per heavy atom. The lowest BCUT2D eigenvalue weighted by molar-refractivity contribution is 0.184. The molecule has 3 rings (SSSR count). The Morgan fingerprint density at radius 2 is 1.84 bits per heavy atom. The summed E-state index contributed by atoms with van der Waals surface area (Å²) in [7, 11) is -3.76. The molecule has 1 heterocycles. The summed E-state index contributed by atoms with van der Waals surface area (Å²) in [6, 6.07) is 14.3. The van der Waals surface area contributed by atoms with Crippen molar-refractivity contribution in [3.8, 4) is 5.75 Å². The highest BCUT2D eigenvalue weighted by molar-refractivity contribution is 7.86. The van der Waals surface area contributed by atoms with Crippen molar-refractivity contribution in [2.24, 2.45) is 0 Å². The maximum Gasteiger partial charge on any atom is 0.297 e. The number of aryl methyl sites for hydroxylation is 1. The maximum absolute atomic E-state index is 12.3. The fourth-order valence-corrected chi connectivity index (χ4v) is 3.65. The number of hydrogen-bond acceptors (Lipinski definition) is 4. The molecular weight excluding hydrogens is 338 g/mol. The number of aromatic nitrogens is 1. The van der Waals surface area contributed by atoms with Crippen LogP contribution in [-0.4, -0.2) is 26.1 Å². The van der Waals surface area contributed by atoms with Gasteiger partial charge >= 0.3 is 0 Å². The van der Waals surface area contributed by atoms with Gasteiger partial charge in [-0.1, -0.05) is 23.8 Å². The summed E-state index contributed by atoms with van der Waals surface area (Å²) in [5.74, 6) is 0.771. The Labute approximate surface area is 147 Å². The standard InChI is InChI=1S/C19H21NO4S/c1-14-6-8-16(9-7-14)25(21,22)24-15(2)11-13-23-19-5-3-4-18-17(19)10-12-20-18/h3-10,12,15,20H,11,13H2,1-2H3/t15-/m0/s1. The summed E-state index contributed by atoms with van der Waals surface area (Å²) in [6.07, 6.45) is 1.85. The third-order valence-corrected chi connectivity index (χ3v) is 5.37. The van der Waals surface area contributed by atoms with E-state index in [0.717, 1.165) is 22.2 Å². The Balaban J connectivity index is 1.56. The molecule has 0 saturated carbocycles. The first-order valence-electron chi connectivity index (χ1n) is 8.14. The van der Waals surface area contributed by atoms with E-state index in [2.05, 4.69) is 4.98 Å². The average molecular weight is 359 g/mol. The Kier molecular flexibility index (Phi) is 5.11. The van der Waals surface area contributed by atoms with Crippen LogP contribution in [0.25, 0.3) is 10.9 Å². The largest absolute Gasteiger partial charge is 0.493 e. The number of benzene rings is 2. The molecule has 0 aliphatic heterocycles. The fourth-order valence-electron chi connectivity index (χ4n) is 2.54. The first-order chi connectivity index (χ1) is 12.0. The number of rotatable bonds is 7. The zero-order valence-electron chi connectivity index (χ0n) is 14.2. The minimum absolute atomic E-state index is 0.169. The molecule has 3 aromatic rings. The van der Waals surface area contributed by atoms with Gasteiger partial charge < -0.3 is 9.72 Å². The van der Waals surface area contributed by atoms with Gasteiger partial charge in [0.05, 0.1) is 17.6 Å². The highest BCUT2D eigenvalue weighted by Gasteiger charge is 2.19. The topological polar surface area (TPSA) is 68.4 Å². The quantitative estimate of drug-likeness (QED) is 0.647. The second-order valence-corrected chi connectivity index (χ2v) is 7.58. The van der Waals surface area contributed by atoms with E-state index in [0.29, 0.717) is 13.0 Å². The summed E-state index contributed by atoms with van der Waals surface area (Å²) in [4.78, 5) is 3.30. The van der Waals surface area contributed by atoms with Gasteiger partial charge in [0, 0.05) is 23.5 Å². The predicted octanol–water partition coefficient (Wildman–Crippen LogP) is 4.04. The van der Waals surface area contributed by atoms with Crippen molar-refractivity contribution < 1.29 is 17.3 Å². The molecule has 0 radical (unpaired) electrons. The summed E-state index contributed by atoms with van der Waals surface area (Å²) in [5, 5.41) is 1.00. The second-order valence-electron chi connectivity index (χ2n) is 6.01. The molecular formula is C19H21NO4S. The lowest BCUT2D eigenvalue weighted by Gasteiger charge is -2.14. The first-order valence-corrected chi connectivity index (χ1v) is 9.55. The molecule has 1 atom stereocenters. The van der Waals surface area contributed by atoms with E-state index in [-0.39, 0.29) is 4.90 Å². The summed E-state index contributed by atoms with van der Waals surface area (Å²) >= 11 is 0. The molecule has 1 aromatic heterocycles. The van der Waals surface area contributed by atoms with Crippen LogP contribution in [0.15, 0.2) is 59.6 Å². The molecule has 1 N–H and O–H groups in total. The minimum atomic E-state index is -3.76. The third-order valence-electron chi connectivity index (χ3n) is 3.94. The van der Waals surface area contributed by atoms with Gasteiger partial charge in [0.15, 0.2) is 0 Å². The summed E-state index contributed by atoms with van der Waals surface area (Å²) in [6.45, 7) is 4.00. The molecule has 5 nitrogen and oxygen atoms in total. The number of aromatic amines is 1. The molecule has 0 fully saturated rings. The SMILES string of the molecule is Cc1ccc(S(=O)(=O)O[C@@H](C)CCOc2cccc3[nH]ccc23)cc1. The van der Waals surface area contributed by atoms with Crippen LogP contribution in [0.3, 0.4) is 0 Å². The van der Waals surface area contributed by atoms with Gasteiger partial charge in [-0.3, -0.25) is 4.18 Å². The molecule has 0 saturated heterocycles. The van der Waals surface area contributed by atoms with Crippen molar-refractivity contribution in [2.75, 3.05) is 6.61 Å². The van der Waals surface area contributed by atoms with Crippen molar-refractivity contribution in [2.45, 2.75) is 31.3 Å². The van der Waals surface area contributed by atoms with E-state index in [9.17, 15) is 8.42 Å². The van der Waals surface area contributed by atoms with Crippen molar-refractivity contribution in [1.82, 2.24) is 4.98 Å². The van der Waals surface area contributed by atoms with Gasteiger partial charge in [-0.25, -0.2) is 0 Å². The zero-order valence-corrected chi connectivity index (χ0v) is 15.0. The van der Waals surface area contributed by atoms with Crippen molar-refractivity contribution in [1.29, 1.82) is 0 Å². The Bertz CT molecular complexity index is 945. The van der Waals surface area contributed by atoms with Crippen LogP contribution in [0.2, 0.25) is 0 Å². The van der Waals surface area contributed by atoms with E-state index >= 15 is 0 Å². The van der Waals surface area contributed by atoms with E-state index in [4.69, 9.17) is 8.92 Å². The zero-order chi connectivity index (χ0) is 17.9. The highest BCUT2D eigenvalue weighted by Crippen LogP contribution is 2.25. The number of nitrogens with one attached hydrogen (secondary N) is 1. The van der Waals surface area contributed by atoms with Crippen molar-refractivity contribution >= 4 is 21.0 Å². The number of ether oxygens (including phenoxy) is 1. The average Bonchev–Trinajstić information content (AvgIpc) is 3.04. The van der Waals surface area contributed by atoms with Crippen LogP contribution in [0.1, 0.15) is 18.9 Å². The van der Waals surface area contributed by atoms with E-state index < -0.39 is 16.2 Å². The van der Waals surface area contributed by atoms with Crippen LogP contribution in [0.5, 0.6) is 5.75 Å². The molecule has 0 aliphatic carbocycles. The highest BCUT2D eigenvalue weighted by atomic mass is 32.2. The van der Waals surface area contributed by atoms with Crippen LogP contribution < -0.4 is 4.74 Å². The lowest BCUT2D eigenvalue weighted by atomic mass is 10.2. The molecule has 0 spiro atoms. The number of hydrogen-bond donors (Lipinski definition) is 1. The molecule has 25 heavy (non-hydrogen) atoms. The maximum atomic E-state index is 12.3. The molecule has 0 aliphatic rings. The fraction of sp³-hybridized carbons (Fsp3) is 0.263. The molecule has 0 unspecified atom stereocenters. The molecule has 6 heteroatoms. The van der Waals surface area contributed by atoms with Gasteiger partial charge in [-0.15, -0.1) is 0 Å². The minimum Gasteiger partial charge on any atom is -0.493 e. The molecule has 0 bridgehead atoms. The third kappa shape index (κ3) is 4.21. The van der Waals surface area contributed by atoms with Gasteiger partial charge in [0.1, 0.15) is 5.75 Å². The monoisotopic (exact) mass is 359 g/mol. The summed E-state index contributed by atoms with van der Waals surface area (Å²) in [5.41, 5.74) is 2.00. The van der Waals surface area contributed by atoms with Gasteiger partial charge in [-0.2, -0.15) is 8.42 Å². The van der Waals surface area contributed by atoms with Crippen molar-refractivity contribution in [3.63, 3.8) is 0 Å². The molecule has 132 valence electrons. The lowest BCUT2D eigenvalue weighted by Crippen LogP contribution is -2.18. The van der Waals surface area contributed by atoms with E-state index in [1.807, 2.05) is 37.4 Å². The van der Waals surface area contributed by atoms with E-state index in [1.54, 1.807) is 31.2 Å². The van der Waals surface area contributed by atoms with Crippen molar-refractivity contribution in [3.05, 3.63) is 60.3 Å². The first kappa shape index (κ1) is 17.5. The second kappa shape index (κ2) is 7.29. The van der Waals surface area contributed by atoms with Crippen LogP contribution >= 0.6 is 0 Å². The van der Waals surface area contributed by atoms with Crippen LogP contribution in [0, 0.1) is 6.92 Å². The van der Waals surface area contributed by atoms with Crippen LogP contribution in [0.4, 0.5) is 0 Å². The van der Waals surface area contributed by atoms with Gasteiger partial charge in [0.2, 0.25) is 0 Å². The summed E-state index contributed by atoms with van der Waals surface area (Å²) < 4.78 is 35.6. The molecule has 0 amide bonds. The normalized spacial score (nSPS) is 13.0.